The van der Waals surface area contributed by atoms with Crippen LogP contribution in [0, 0.1) is 13.8 Å². The molecular formula is C12H13N3O. The third-order valence-corrected chi connectivity index (χ3v) is 2.42. The number of rotatable bonds is 1. The number of nitrogens with one attached hydrogen (secondary N) is 1. The highest BCUT2D eigenvalue weighted by Gasteiger charge is 2.08. The van der Waals surface area contributed by atoms with E-state index >= 15 is 0 Å². The van der Waals surface area contributed by atoms with E-state index in [-0.39, 0.29) is 5.56 Å². The Morgan fingerprint density at radius 2 is 2.06 bits per heavy atom. The minimum absolute atomic E-state index is 0.146. The minimum atomic E-state index is -0.146. The topological polar surface area (TPSA) is 71.8 Å². The predicted molar refractivity (Wildman–Crippen MR) is 64.2 cm³/mol. The molecule has 0 aliphatic rings. The molecule has 0 fully saturated rings. The number of hydrogen-bond acceptors (Lipinski definition) is 3. The van der Waals surface area contributed by atoms with Crippen molar-refractivity contribution < 1.29 is 0 Å². The van der Waals surface area contributed by atoms with Crippen LogP contribution < -0.4 is 11.3 Å². The van der Waals surface area contributed by atoms with Crippen molar-refractivity contribution in [2.24, 2.45) is 0 Å². The normalized spacial score (nSPS) is 10.4. The van der Waals surface area contributed by atoms with E-state index < -0.39 is 0 Å². The molecule has 4 heteroatoms. The SMILES string of the molecule is Cc1c[nH]c(=O)c(-c2nc(N)ccc2C)c1. The van der Waals surface area contributed by atoms with E-state index in [1.54, 1.807) is 12.3 Å². The smallest absolute Gasteiger partial charge is 0.257 e. The monoisotopic (exact) mass is 215 g/mol. The molecule has 2 heterocycles. The van der Waals surface area contributed by atoms with Crippen LogP contribution in [-0.2, 0) is 0 Å². The van der Waals surface area contributed by atoms with E-state index in [1.165, 1.54) is 0 Å². The summed E-state index contributed by atoms with van der Waals surface area (Å²) in [6.45, 7) is 3.82. The molecule has 0 bridgehead atoms. The Balaban J connectivity index is 2.71. The van der Waals surface area contributed by atoms with Gasteiger partial charge in [-0.3, -0.25) is 4.79 Å². The van der Waals surface area contributed by atoms with Gasteiger partial charge in [-0.1, -0.05) is 6.07 Å². The standard InChI is InChI=1S/C12H13N3O/c1-7-5-9(12(16)14-6-7)11-8(2)3-4-10(13)15-11/h3-6H,1-2H3,(H2,13,15)(H,14,16). The molecule has 2 rings (SSSR count). The second kappa shape index (κ2) is 3.81. The number of hydrogen-bond donors (Lipinski definition) is 2. The Kier molecular flexibility index (Phi) is 2.48. The van der Waals surface area contributed by atoms with Gasteiger partial charge >= 0.3 is 0 Å². The van der Waals surface area contributed by atoms with Crippen molar-refractivity contribution in [2.45, 2.75) is 13.8 Å². The van der Waals surface area contributed by atoms with Gasteiger partial charge < -0.3 is 10.7 Å². The van der Waals surface area contributed by atoms with Crippen LogP contribution in [0.25, 0.3) is 11.3 Å². The maximum absolute atomic E-state index is 11.7. The number of H-pyrrole nitrogens is 1. The van der Waals surface area contributed by atoms with Gasteiger partial charge in [-0.05, 0) is 37.1 Å². The Hall–Kier alpha value is -2.10. The number of nitrogens with zero attached hydrogens (tertiary/aromatic N) is 1. The fourth-order valence-corrected chi connectivity index (χ4v) is 1.58. The van der Waals surface area contributed by atoms with Gasteiger partial charge in [0.25, 0.3) is 5.56 Å². The summed E-state index contributed by atoms with van der Waals surface area (Å²) in [7, 11) is 0. The van der Waals surface area contributed by atoms with E-state index in [0.29, 0.717) is 17.1 Å². The molecule has 0 saturated carbocycles. The van der Waals surface area contributed by atoms with Crippen LogP contribution in [0.5, 0.6) is 0 Å². The fourth-order valence-electron chi connectivity index (χ4n) is 1.58. The van der Waals surface area contributed by atoms with Crippen molar-refractivity contribution in [1.29, 1.82) is 0 Å². The number of aromatic amines is 1. The van der Waals surface area contributed by atoms with E-state index in [4.69, 9.17) is 5.73 Å². The zero-order chi connectivity index (χ0) is 11.7. The molecule has 0 amide bonds. The van der Waals surface area contributed by atoms with E-state index in [0.717, 1.165) is 11.1 Å². The highest BCUT2D eigenvalue weighted by molar-refractivity contribution is 5.64. The van der Waals surface area contributed by atoms with Crippen molar-refractivity contribution >= 4 is 5.82 Å². The average molecular weight is 215 g/mol. The van der Waals surface area contributed by atoms with E-state index in [9.17, 15) is 4.79 Å². The van der Waals surface area contributed by atoms with E-state index in [1.807, 2.05) is 26.0 Å². The minimum Gasteiger partial charge on any atom is -0.384 e. The molecular weight excluding hydrogens is 202 g/mol. The Bertz CT molecular complexity index is 587. The first-order valence-corrected chi connectivity index (χ1v) is 5.01. The van der Waals surface area contributed by atoms with Crippen LogP contribution in [0.3, 0.4) is 0 Å². The van der Waals surface area contributed by atoms with E-state index in [2.05, 4.69) is 9.97 Å². The molecule has 0 aromatic carbocycles. The van der Waals surface area contributed by atoms with Gasteiger partial charge in [-0.15, -0.1) is 0 Å². The average Bonchev–Trinajstić information content (AvgIpc) is 2.25. The van der Waals surface area contributed by atoms with Crippen molar-refractivity contribution in [1.82, 2.24) is 9.97 Å². The second-order valence-corrected chi connectivity index (χ2v) is 3.82. The summed E-state index contributed by atoms with van der Waals surface area (Å²) in [5.41, 5.74) is 8.61. The summed E-state index contributed by atoms with van der Waals surface area (Å²) >= 11 is 0. The molecule has 0 saturated heterocycles. The Morgan fingerprint density at radius 1 is 1.31 bits per heavy atom. The summed E-state index contributed by atoms with van der Waals surface area (Å²) < 4.78 is 0. The van der Waals surface area contributed by atoms with Crippen molar-refractivity contribution in [3.8, 4) is 11.3 Å². The molecule has 0 aliphatic heterocycles. The van der Waals surface area contributed by atoms with Crippen molar-refractivity contribution in [3.63, 3.8) is 0 Å². The van der Waals surface area contributed by atoms with Gasteiger partial charge in [0.1, 0.15) is 5.82 Å². The van der Waals surface area contributed by atoms with Crippen molar-refractivity contribution in [2.75, 3.05) is 5.73 Å². The largest absolute Gasteiger partial charge is 0.384 e. The number of nitrogens with two attached hydrogens (primary N) is 1. The van der Waals surface area contributed by atoms with Crippen LogP contribution in [0.15, 0.2) is 29.2 Å². The van der Waals surface area contributed by atoms with Crippen LogP contribution >= 0.6 is 0 Å². The summed E-state index contributed by atoms with van der Waals surface area (Å²) in [6.07, 6.45) is 1.67. The second-order valence-electron chi connectivity index (χ2n) is 3.82. The first-order chi connectivity index (χ1) is 7.58. The molecule has 0 aliphatic carbocycles. The summed E-state index contributed by atoms with van der Waals surface area (Å²) in [5.74, 6) is 0.418. The van der Waals surface area contributed by atoms with Crippen molar-refractivity contribution in [3.05, 3.63) is 45.9 Å². The summed E-state index contributed by atoms with van der Waals surface area (Å²) in [4.78, 5) is 18.6. The van der Waals surface area contributed by atoms with Gasteiger partial charge in [0, 0.05) is 6.20 Å². The Morgan fingerprint density at radius 3 is 2.81 bits per heavy atom. The van der Waals surface area contributed by atoms with Gasteiger partial charge in [-0.2, -0.15) is 0 Å². The molecule has 0 unspecified atom stereocenters. The highest BCUT2D eigenvalue weighted by atomic mass is 16.1. The van der Waals surface area contributed by atoms with Crippen LogP contribution in [0.2, 0.25) is 0 Å². The number of anilines is 1. The third kappa shape index (κ3) is 1.82. The lowest BCUT2D eigenvalue weighted by Gasteiger charge is -2.05. The lowest BCUT2D eigenvalue weighted by atomic mass is 10.1. The number of nitrogen functional groups attached to an aromatic ring is 1. The van der Waals surface area contributed by atoms with Gasteiger partial charge in [0.2, 0.25) is 0 Å². The quantitative estimate of drug-likeness (QED) is 0.759. The summed E-state index contributed by atoms with van der Waals surface area (Å²) in [6, 6.07) is 5.40. The van der Waals surface area contributed by atoms with Gasteiger partial charge in [0.15, 0.2) is 0 Å². The molecule has 0 radical (unpaired) electrons. The molecule has 82 valence electrons. The maximum atomic E-state index is 11.7. The summed E-state index contributed by atoms with van der Waals surface area (Å²) in [5, 5.41) is 0. The highest BCUT2D eigenvalue weighted by Crippen LogP contribution is 2.19. The zero-order valence-corrected chi connectivity index (χ0v) is 9.24. The first-order valence-electron chi connectivity index (χ1n) is 5.01. The number of aromatic nitrogens is 2. The lowest BCUT2D eigenvalue weighted by molar-refractivity contribution is 1.17. The van der Waals surface area contributed by atoms with Crippen LogP contribution in [-0.4, -0.2) is 9.97 Å². The number of pyridine rings is 2. The van der Waals surface area contributed by atoms with Gasteiger partial charge in [0.05, 0.1) is 11.3 Å². The molecule has 16 heavy (non-hydrogen) atoms. The molecule has 0 spiro atoms. The predicted octanol–water partition coefficient (Wildman–Crippen LogP) is 1.64. The maximum Gasteiger partial charge on any atom is 0.257 e. The van der Waals surface area contributed by atoms with Crippen LogP contribution in [0.1, 0.15) is 11.1 Å². The fraction of sp³-hybridized carbons (Fsp3) is 0.167. The van der Waals surface area contributed by atoms with Crippen LogP contribution in [0.4, 0.5) is 5.82 Å². The Labute approximate surface area is 93.2 Å². The van der Waals surface area contributed by atoms with Gasteiger partial charge in [-0.25, -0.2) is 4.98 Å². The molecule has 0 atom stereocenters. The molecule has 3 N–H and O–H groups in total. The zero-order valence-electron chi connectivity index (χ0n) is 9.24. The molecule has 2 aromatic heterocycles. The molecule has 2 aromatic rings. The number of aryl methyl sites for hydroxylation is 2. The first kappa shape index (κ1) is 10.4. The lowest BCUT2D eigenvalue weighted by Crippen LogP contribution is -2.10. The molecule has 4 nitrogen and oxygen atoms in total. The third-order valence-electron chi connectivity index (χ3n) is 2.42.